The van der Waals surface area contributed by atoms with Crippen LogP contribution in [0, 0.1) is 0 Å². The molecule has 62 valence electrons. The van der Waals surface area contributed by atoms with Crippen LogP contribution in [0.2, 0.25) is 44.9 Å². The minimum absolute atomic E-state index is 0.255. The van der Waals surface area contributed by atoms with Crippen molar-refractivity contribution in [3.63, 3.8) is 0 Å². The molecule has 0 amide bonds. The lowest BCUT2D eigenvalue weighted by Gasteiger charge is -2.27. The summed E-state index contributed by atoms with van der Waals surface area (Å²) in [6.45, 7) is 15.2. The van der Waals surface area contributed by atoms with Crippen LogP contribution >= 0.6 is 0 Å². The number of rotatable bonds is 3. The van der Waals surface area contributed by atoms with Gasteiger partial charge < -0.3 is 0 Å². The molecular formula is C7H22Si3. The first kappa shape index (κ1) is 10.7. The van der Waals surface area contributed by atoms with Gasteiger partial charge >= 0.3 is 0 Å². The second-order valence-corrected chi connectivity index (χ2v) is 23.6. The molecule has 0 heterocycles. The van der Waals surface area contributed by atoms with E-state index in [1.165, 1.54) is 0 Å². The molecule has 0 spiro atoms. The van der Waals surface area contributed by atoms with E-state index in [9.17, 15) is 0 Å². The summed E-state index contributed by atoms with van der Waals surface area (Å²) >= 11 is 0. The molecule has 0 unspecified atom stereocenters. The zero-order valence-electron chi connectivity index (χ0n) is 8.36. The third-order valence-electron chi connectivity index (χ3n) is 2.50. The molecule has 3 heteroatoms. The molecule has 0 nitrogen and oxygen atoms in total. The largest absolute Gasteiger partial charge is 0.0741 e. The summed E-state index contributed by atoms with van der Waals surface area (Å²) in [6, 6.07) is 0. The quantitative estimate of drug-likeness (QED) is 0.599. The summed E-state index contributed by atoms with van der Waals surface area (Å²) in [5.41, 5.74) is 1.68. The summed E-state index contributed by atoms with van der Waals surface area (Å²) in [5, 5.41) is 0. The fraction of sp³-hybridized carbons (Fsp3) is 1.00. The average Bonchev–Trinajstić information content (AvgIpc) is 1.60. The van der Waals surface area contributed by atoms with Crippen molar-refractivity contribution in [3.8, 4) is 0 Å². The highest BCUT2D eigenvalue weighted by Crippen LogP contribution is 2.14. The molecule has 0 atom stereocenters. The van der Waals surface area contributed by atoms with Crippen LogP contribution in [0.25, 0.3) is 0 Å². The van der Waals surface area contributed by atoms with Gasteiger partial charge in [-0.3, -0.25) is 0 Å². The first-order valence-corrected chi connectivity index (χ1v) is 14.8. The van der Waals surface area contributed by atoms with Crippen molar-refractivity contribution in [1.82, 2.24) is 0 Å². The van der Waals surface area contributed by atoms with E-state index in [4.69, 9.17) is 0 Å². The normalized spacial score (nSPS) is 13.2. The Morgan fingerprint density at radius 1 is 1.00 bits per heavy atom. The van der Waals surface area contributed by atoms with Gasteiger partial charge in [-0.25, -0.2) is 0 Å². The van der Waals surface area contributed by atoms with Gasteiger partial charge in [0.25, 0.3) is 0 Å². The van der Waals surface area contributed by atoms with Crippen LogP contribution in [-0.2, 0) is 0 Å². The summed E-state index contributed by atoms with van der Waals surface area (Å²) in [5.74, 6) is 0. The van der Waals surface area contributed by atoms with Gasteiger partial charge in [0.1, 0.15) is 0 Å². The highest BCUT2D eigenvalue weighted by Gasteiger charge is 2.26. The molecule has 0 bridgehead atoms. The van der Waals surface area contributed by atoms with E-state index in [1.54, 1.807) is 5.67 Å². The van der Waals surface area contributed by atoms with Crippen LogP contribution < -0.4 is 0 Å². The Morgan fingerprint density at radius 3 is 1.50 bits per heavy atom. The summed E-state index contributed by atoms with van der Waals surface area (Å²) in [6.07, 6.45) is 0. The smallest absolute Gasteiger partial charge is 0.0346 e. The third-order valence-corrected chi connectivity index (χ3v) is 24.6. The van der Waals surface area contributed by atoms with Crippen molar-refractivity contribution >= 4 is 24.7 Å². The Hall–Kier alpha value is 0.651. The van der Waals surface area contributed by atoms with Gasteiger partial charge in [0.15, 0.2) is 0 Å². The van der Waals surface area contributed by atoms with E-state index < -0.39 is 7.59 Å². The average molecular weight is 191 g/mol. The van der Waals surface area contributed by atoms with Crippen molar-refractivity contribution in [1.29, 1.82) is 0 Å². The van der Waals surface area contributed by atoms with E-state index in [0.717, 1.165) is 0 Å². The van der Waals surface area contributed by atoms with Gasteiger partial charge in [-0.1, -0.05) is 44.9 Å². The SMILES string of the molecule is C[SiH](C)C[Si](C)(C)[SiH](C)C. The second kappa shape index (κ2) is 3.88. The first-order valence-electron chi connectivity index (χ1n) is 4.36. The Morgan fingerprint density at radius 2 is 1.40 bits per heavy atom. The fourth-order valence-corrected chi connectivity index (χ4v) is 20.1. The van der Waals surface area contributed by atoms with Gasteiger partial charge in [-0.2, -0.15) is 0 Å². The topological polar surface area (TPSA) is 0 Å². The lowest BCUT2D eigenvalue weighted by atomic mass is 11.8. The standard InChI is InChI=1S/C7H22Si3/c1-8(2)7-10(5,6)9(3)4/h8-9H,7H2,1-6H3. The van der Waals surface area contributed by atoms with Crippen LogP contribution in [-0.4, -0.2) is 24.7 Å². The minimum atomic E-state index is -0.643. The van der Waals surface area contributed by atoms with Gasteiger partial charge in [0.05, 0.1) is 0 Å². The molecule has 0 saturated heterocycles. The fourth-order valence-electron chi connectivity index (χ4n) is 1.29. The second-order valence-electron chi connectivity index (χ2n) is 4.74. The maximum absolute atomic E-state index is 2.59. The summed E-state index contributed by atoms with van der Waals surface area (Å²) < 4.78 is 0. The van der Waals surface area contributed by atoms with Gasteiger partial charge in [0.2, 0.25) is 0 Å². The van der Waals surface area contributed by atoms with Crippen molar-refractivity contribution in [2.45, 2.75) is 44.9 Å². The molecule has 0 aliphatic carbocycles. The molecule has 0 rings (SSSR count). The zero-order valence-corrected chi connectivity index (χ0v) is 11.7. The van der Waals surface area contributed by atoms with Crippen molar-refractivity contribution in [2.24, 2.45) is 0 Å². The molecule has 0 aromatic heterocycles. The lowest BCUT2D eigenvalue weighted by Crippen LogP contribution is -2.43. The van der Waals surface area contributed by atoms with E-state index in [1.807, 2.05) is 0 Å². The van der Waals surface area contributed by atoms with Crippen LogP contribution in [0.4, 0.5) is 0 Å². The number of hydrogen-bond donors (Lipinski definition) is 0. The minimum Gasteiger partial charge on any atom is -0.0741 e. The molecule has 0 aliphatic heterocycles. The van der Waals surface area contributed by atoms with Gasteiger partial charge in [0, 0.05) is 24.7 Å². The van der Waals surface area contributed by atoms with Gasteiger partial charge in [-0.05, 0) is 0 Å². The molecule has 10 heavy (non-hydrogen) atoms. The molecule has 0 aromatic carbocycles. The molecule has 0 fully saturated rings. The first-order chi connectivity index (χ1) is 4.36. The highest BCUT2D eigenvalue weighted by atomic mass is 29.2. The molecule has 0 aromatic rings. The van der Waals surface area contributed by atoms with E-state index >= 15 is 0 Å². The summed E-state index contributed by atoms with van der Waals surface area (Å²) in [7, 11) is -1.16. The van der Waals surface area contributed by atoms with Crippen molar-refractivity contribution in [3.05, 3.63) is 0 Å². The Labute approximate surface area is 70.1 Å². The molecule has 0 saturated carbocycles. The van der Waals surface area contributed by atoms with Crippen LogP contribution in [0.5, 0.6) is 0 Å². The lowest BCUT2D eigenvalue weighted by molar-refractivity contribution is 1.65. The Balaban J connectivity index is 3.87. The van der Waals surface area contributed by atoms with E-state index in [-0.39, 0.29) is 17.1 Å². The van der Waals surface area contributed by atoms with E-state index in [2.05, 4.69) is 39.3 Å². The zero-order chi connectivity index (χ0) is 8.36. The maximum atomic E-state index is 2.59. The monoisotopic (exact) mass is 190 g/mol. The summed E-state index contributed by atoms with van der Waals surface area (Å²) in [4.78, 5) is 0. The third kappa shape index (κ3) is 3.73. The Bertz CT molecular complexity index is 97.0. The predicted octanol–water partition coefficient (Wildman–Crippen LogP) is 2.29. The number of hydrogen-bond acceptors (Lipinski definition) is 0. The molecule has 0 radical (unpaired) electrons. The predicted molar refractivity (Wildman–Crippen MR) is 60.0 cm³/mol. The van der Waals surface area contributed by atoms with Crippen molar-refractivity contribution in [2.75, 3.05) is 0 Å². The van der Waals surface area contributed by atoms with E-state index in [0.29, 0.717) is 0 Å². The van der Waals surface area contributed by atoms with Crippen LogP contribution in [0.1, 0.15) is 0 Å². The molecule has 0 aliphatic rings. The van der Waals surface area contributed by atoms with Crippen LogP contribution in [0.3, 0.4) is 0 Å². The van der Waals surface area contributed by atoms with Crippen molar-refractivity contribution < 1.29 is 0 Å². The Kier molecular flexibility index (Phi) is 4.13. The van der Waals surface area contributed by atoms with Crippen LogP contribution in [0.15, 0.2) is 0 Å². The van der Waals surface area contributed by atoms with Gasteiger partial charge in [-0.15, -0.1) is 0 Å². The molecular weight excluding hydrogens is 168 g/mol. The highest BCUT2D eigenvalue weighted by molar-refractivity contribution is 7.33. The maximum Gasteiger partial charge on any atom is 0.0346 e. The molecule has 0 N–H and O–H groups in total.